The molecule has 0 aliphatic carbocycles. The molecule has 0 saturated carbocycles. The molecule has 150 valence electrons. The number of hydrogen-bond donors (Lipinski definition) is 1. The Kier molecular flexibility index (Phi) is 7.03. The van der Waals surface area contributed by atoms with Crippen LogP contribution in [0.1, 0.15) is 29.8 Å². The monoisotopic (exact) mass is 409 g/mol. The second-order valence-corrected chi connectivity index (χ2v) is 7.16. The van der Waals surface area contributed by atoms with Crippen LogP contribution in [0.2, 0.25) is 0 Å². The summed E-state index contributed by atoms with van der Waals surface area (Å²) in [4.78, 5) is 25.0. The van der Waals surface area contributed by atoms with E-state index < -0.39 is 5.97 Å². The van der Waals surface area contributed by atoms with E-state index in [1.807, 2.05) is 60.0 Å². The zero-order chi connectivity index (χ0) is 20.6. The Hall–Kier alpha value is -3.12. The fraction of sp³-hybridized carbons (Fsp3) is 0.217. The van der Waals surface area contributed by atoms with Crippen LogP contribution < -0.4 is 10.1 Å². The number of rotatable bonds is 8. The van der Waals surface area contributed by atoms with Crippen LogP contribution in [0.3, 0.4) is 0 Å². The van der Waals surface area contributed by atoms with E-state index in [1.54, 1.807) is 6.92 Å². The Morgan fingerprint density at radius 3 is 2.55 bits per heavy atom. The average Bonchev–Trinajstić information content (AvgIpc) is 3.16. The molecule has 1 aromatic heterocycles. The molecule has 0 radical (unpaired) electrons. The van der Waals surface area contributed by atoms with E-state index in [2.05, 4.69) is 12.2 Å². The van der Waals surface area contributed by atoms with Crippen molar-refractivity contribution < 1.29 is 19.1 Å². The SMILES string of the molecule is CCOC(=O)c1c(-c2ccccc2)csc1NC(=O)COc1cccc(CC)c1. The molecule has 2 aromatic carbocycles. The molecule has 0 unspecified atom stereocenters. The maximum absolute atomic E-state index is 12.6. The summed E-state index contributed by atoms with van der Waals surface area (Å²) in [6.07, 6.45) is 0.893. The first-order chi connectivity index (χ1) is 14.1. The van der Waals surface area contributed by atoms with Crippen molar-refractivity contribution in [3.05, 3.63) is 71.1 Å². The molecule has 0 spiro atoms. The van der Waals surface area contributed by atoms with E-state index in [9.17, 15) is 9.59 Å². The van der Waals surface area contributed by atoms with Crippen LogP contribution in [0, 0.1) is 0 Å². The van der Waals surface area contributed by atoms with Crippen LogP contribution in [0.4, 0.5) is 5.00 Å². The van der Waals surface area contributed by atoms with Gasteiger partial charge in [0.15, 0.2) is 6.61 Å². The molecule has 0 aliphatic rings. The number of thiophene rings is 1. The number of amides is 1. The highest BCUT2D eigenvalue weighted by Crippen LogP contribution is 2.36. The number of aryl methyl sites for hydroxylation is 1. The van der Waals surface area contributed by atoms with Gasteiger partial charge in [-0.05, 0) is 36.6 Å². The Bertz CT molecular complexity index is 982. The lowest BCUT2D eigenvalue weighted by molar-refractivity contribution is -0.118. The highest BCUT2D eigenvalue weighted by atomic mass is 32.1. The average molecular weight is 410 g/mol. The molecule has 0 aliphatic heterocycles. The minimum Gasteiger partial charge on any atom is -0.484 e. The Labute approximate surface area is 174 Å². The van der Waals surface area contributed by atoms with Gasteiger partial charge in [0.2, 0.25) is 0 Å². The molecule has 5 nitrogen and oxygen atoms in total. The highest BCUT2D eigenvalue weighted by Gasteiger charge is 2.22. The number of carbonyl (C=O) groups excluding carboxylic acids is 2. The topological polar surface area (TPSA) is 64.6 Å². The first kappa shape index (κ1) is 20.6. The summed E-state index contributed by atoms with van der Waals surface area (Å²) >= 11 is 1.29. The third-order valence-corrected chi connectivity index (χ3v) is 5.18. The molecule has 6 heteroatoms. The largest absolute Gasteiger partial charge is 0.484 e. The van der Waals surface area contributed by atoms with Crippen molar-refractivity contribution in [2.24, 2.45) is 0 Å². The van der Waals surface area contributed by atoms with Gasteiger partial charge in [-0.3, -0.25) is 4.79 Å². The van der Waals surface area contributed by atoms with E-state index in [0.717, 1.165) is 23.1 Å². The Morgan fingerprint density at radius 2 is 1.83 bits per heavy atom. The van der Waals surface area contributed by atoms with Gasteiger partial charge in [-0.1, -0.05) is 49.4 Å². The van der Waals surface area contributed by atoms with E-state index in [4.69, 9.17) is 9.47 Å². The summed E-state index contributed by atoms with van der Waals surface area (Å²) in [7, 11) is 0. The minimum atomic E-state index is -0.459. The lowest BCUT2D eigenvalue weighted by Crippen LogP contribution is -2.21. The zero-order valence-electron chi connectivity index (χ0n) is 16.4. The summed E-state index contributed by atoms with van der Waals surface area (Å²) in [5, 5.41) is 5.10. The molecule has 0 saturated heterocycles. The van der Waals surface area contributed by atoms with E-state index >= 15 is 0 Å². The first-order valence-corrected chi connectivity index (χ1v) is 10.4. The van der Waals surface area contributed by atoms with E-state index in [0.29, 0.717) is 16.3 Å². The van der Waals surface area contributed by atoms with Crippen molar-refractivity contribution in [2.75, 3.05) is 18.5 Å². The minimum absolute atomic E-state index is 0.145. The van der Waals surface area contributed by atoms with Crippen molar-refractivity contribution in [1.82, 2.24) is 0 Å². The van der Waals surface area contributed by atoms with Gasteiger partial charge in [-0.2, -0.15) is 0 Å². The van der Waals surface area contributed by atoms with Crippen LogP contribution in [-0.4, -0.2) is 25.1 Å². The molecule has 0 bridgehead atoms. The lowest BCUT2D eigenvalue weighted by atomic mass is 10.0. The van der Waals surface area contributed by atoms with Crippen LogP contribution >= 0.6 is 11.3 Å². The number of carbonyl (C=O) groups is 2. The first-order valence-electron chi connectivity index (χ1n) is 9.48. The fourth-order valence-electron chi connectivity index (χ4n) is 2.85. The van der Waals surface area contributed by atoms with Gasteiger partial charge in [-0.15, -0.1) is 11.3 Å². The molecular formula is C23H23NO4S. The summed E-state index contributed by atoms with van der Waals surface area (Å²) in [5.74, 6) is -0.153. The quantitative estimate of drug-likeness (QED) is 0.521. The molecular weight excluding hydrogens is 386 g/mol. The van der Waals surface area contributed by atoms with Crippen molar-refractivity contribution in [2.45, 2.75) is 20.3 Å². The molecule has 29 heavy (non-hydrogen) atoms. The molecule has 1 heterocycles. The summed E-state index contributed by atoms with van der Waals surface area (Å²) < 4.78 is 10.8. The van der Waals surface area contributed by atoms with Gasteiger partial charge in [0.25, 0.3) is 5.91 Å². The van der Waals surface area contributed by atoms with Crippen LogP contribution in [0.5, 0.6) is 5.75 Å². The van der Waals surface area contributed by atoms with Gasteiger partial charge in [0.1, 0.15) is 16.3 Å². The molecule has 1 N–H and O–H groups in total. The number of nitrogens with one attached hydrogen (secondary N) is 1. The molecule has 0 fully saturated rings. The van der Waals surface area contributed by atoms with Gasteiger partial charge < -0.3 is 14.8 Å². The molecule has 1 amide bonds. The van der Waals surface area contributed by atoms with Crippen molar-refractivity contribution in [3.63, 3.8) is 0 Å². The van der Waals surface area contributed by atoms with Crippen molar-refractivity contribution in [1.29, 1.82) is 0 Å². The number of ether oxygens (including phenoxy) is 2. The normalized spacial score (nSPS) is 10.4. The molecule has 0 atom stereocenters. The van der Waals surface area contributed by atoms with Crippen LogP contribution in [0.15, 0.2) is 60.0 Å². The standard InChI is InChI=1S/C23H23NO4S/c1-3-16-9-8-12-18(13-16)28-14-20(25)24-22-21(23(26)27-4-2)19(15-29-22)17-10-6-5-7-11-17/h5-13,15H,3-4,14H2,1-2H3,(H,24,25). The van der Waals surface area contributed by atoms with Gasteiger partial charge in [0.05, 0.1) is 6.61 Å². The highest BCUT2D eigenvalue weighted by molar-refractivity contribution is 7.15. The third kappa shape index (κ3) is 5.23. The summed E-state index contributed by atoms with van der Waals surface area (Å²) in [6, 6.07) is 17.2. The Morgan fingerprint density at radius 1 is 1.03 bits per heavy atom. The lowest BCUT2D eigenvalue weighted by Gasteiger charge is -2.10. The fourth-order valence-corrected chi connectivity index (χ4v) is 3.83. The summed E-state index contributed by atoms with van der Waals surface area (Å²) in [5.41, 5.74) is 3.13. The third-order valence-electron chi connectivity index (χ3n) is 4.28. The van der Waals surface area contributed by atoms with E-state index in [-0.39, 0.29) is 19.1 Å². The maximum atomic E-state index is 12.6. The molecule has 3 aromatic rings. The Balaban J connectivity index is 1.76. The van der Waals surface area contributed by atoms with Gasteiger partial charge in [0, 0.05) is 10.9 Å². The van der Waals surface area contributed by atoms with Gasteiger partial charge >= 0.3 is 5.97 Å². The predicted octanol–water partition coefficient (Wildman–Crippen LogP) is 5.17. The smallest absolute Gasteiger partial charge is 0.341 e. The summed E-state index contributed by atoms with van der Waals surface area (Å²) in [6.45, 7) is 3.92. The number of esters is 1. The second kappa shape index (κ2) is 9.89. The second-order valence-electron chi connectivity index (χ2n) is 6.28. The maximum Gasteiger partial charge on any atom is 0.341 e. The van der Waals surface area contributed by atoms with Crippen molar-refractivity contribution in [3.8, 4) is 16.9 Å². The van der Waals surface area contributed by atoms with Crippen LogP contribution in [-0.2, 0) is 16.0 Å². The van der Waals surface area contributed by atoms with Crippen LogP contribution in [0.25, 0.3) is 11.1 Å². The van der Waals surface area contributed by atoms with E-state index in [1.165, 1.54) is 11.3 Å². The van der Waals surface area contributed by atoms with Crippen molar-refractivity contribution >= 4 is 28.2 Å². The number of anilines is 1. The number of benzene rings is 2. The zero-order valence-corrected chi connectivity index (χ0v) is 17.3. The molecule has 3 rings (SSSR count). The number of hydrogen-bond acceptors (Lipinski definition) is 5. The van der Waals surface area contributed by atoms with Gasteiger partial charge in [-0.25, -0.2) is 4.79 Å². The predicted molar refractivity (Wildman–Crippen MR) is 116 cm³/mol.